The van der Waals surface area contributed by atoms with Crippen LogP contribution in [-0.2, 0) is 0 Å². The zero-order valence-corrected chi connectivity index (χ0v) is 33.2. The molecule has 0 aliphatic rings. The van der Waals surface area contributed by atoms with Crippen molar-refractivity contribution in [3.63, 3.8) is 0 Å². The van der Waals surface area contributed by atoms with Crippen molar-refractivity contribution in [3.8, 4) is 39.1 Å². The number of nitrogens with zero attached hydrogens (tertiary/aromatic N) is 2. The summed E-state index contributed by atoms with van der Waals surface area (Å²) in [6.45, 7) is 0. The van der Waals surface area contributed by atoms with Gasteiger partial charge in [0.05, 0.1) is 11.0 Å². The summed E-state index contributed by atoms with van der Waals surface area (Å²) in [7, 11) is 0. The maximum Gasteiger partial charge on any atom is 0.136 e. The van der Waals surface area contributed by atoms with Crippen LogP contribution in [0.3, 0.4) is 0 Å². The first-order chi connectivity index (χ1) is 30.2. The Hall–Kier alpha value is -8.14. The lowest BCUT2D eigenvalue weighted by Crippen LogP contribution is -2.10. The van der Waals surface area contributed by atoms with Gasteiger partial charge in [-0.05, 0) is 123 Å². The summed E-state index contributed by atoms with van der Waals surface area (Å²) in [6, 6.07) is 83.0. The van der Waals surface area contributed by atoms with E-state index in [-0.39, 0.29) is 0 Å². The van der Waals surface area contributed by atoms with Gasteiger partial charge in [0, 0.05) is 44.3 Å². The molecule has 0 radical (unpaired) electrons. The maximum atomic E-state index is 6.32. The molecule has 0 atom stereocenters. The van der Waals surface area contributed by atoms with Crippen molar-refractivity contribution in [2.75, 3.05) is 4.90 Å². The second kappa shape index (κ2) is 14.3. The van der Waals surface area contributed by atoms with Crippen molar-refractivity contribution in [3.05, 3.63) is 231 Å². The van der Waals surface area contributed by atoms with E-state index in [1.165, 1.54) is 49.3 Å². The number of furan rings is 1. The van der Waals surface area contributed by atoms with E-state index in [1.54, 1.807) is 0 Å². The summed E-state index contributed by atoms with van der Waals surface area (Å²) in [6.07, 6.45) is 0. The standard InChI is InChI=1S/C58H38N2O/c1-2-21-49-40(13-1)14-12-25-50(49)44-17-11-19-47(37-44)59(46-18-10-16-42(36-46)43-31-34-54-53-24-5-8-28-57(53)61-58(54)38-43)45-32-29-39(30-33-45)41-15-9-20-48(35-41)60-55-26-6-3-22-51(55)52-23-4-7-27-56(52)60/h1-38H. The Bertz CT molecular complexity index is 3550. The Balaban J connectivity index is 0.966. The molecule has 2 aromatic heterocycles. The average Bonchev–Trinajstić information content (AvgIpc) is 3.87. The van der Waals surface area contributed by atoms with Gasteiger partial charge in [-0.25, -0.2) is 0 Å². The Kier molecular flexibility index (Phi) is 8.17. The smallest absolute Gasteiger partial charge is 0.136 e. The Labute approximate surface area is 353 Å². The molecule has 0 fully saturated rings. The van der Waals surface area contributed by atoms with Crippen LogP contribution in [0.1, 0.15) is 0 Å². The SMILES string of the molecule is c1cc(-c2ccc3c(c2)oc2ccccc23)cc(N(c2ccc(-c3cccc(-n4c5ccccc5c5ccccc54)c3)cc2)c2cccc(-c3cccc4ccccc34)c2)c1. The highest BCUT2D eigenvalue weighted by Gasteiger charge is 2.17. The second-order valence-electron chi connectivity index (χ2n) is 15.7. The van der Waals surface area contributed by atoms with E-state index in [1.807, 2.05) is 12.1 Å². The van der Waals surface area contributed by atoms with Crippen LogP contribution in [0.4, 0.5) is 17.1 Å². The van der Waals surface area contributed by atoms with Crippen LogP contribution in [0.25, 0.3) is 93.6 Å². The number of benzene rings is 10. The molecule has 0 saturated heterocycles. The third kappa shape index (κ3) is 5.98. The summed E-state index contributed by atoms with van der Waals surface area (Å²) >= 11 is 0. The average molecular weight is 779 g/mol. The molecule has 2 heterocycles. The van der Waals surface area contributed by atoms with Crippen LogP contribution in [-0.4, -0.2) is 4.57 Å². The molecule has 0 bridgehead atoms. The number of hydrogen-bond donors (Lipinski definition) is 0. The molecular weight excluding hydrogens is 741 g/mol. The van der Waals surface area contributed by atoms with Gasteiger partial charge in [-0.1, -0.05) is 152 Å². The van der Waals surface area contributed by atoms with Crippen LogP contribution in [0, 0.1) is 0 Å². The molecule has 61 heavy (non-hydrogen) atoms. The van der Waals surface area contributed by atoms with Gasteiger partial charge in [-0.2, -0.15) is 0 Å². The number of aromatic nitrogens is 1. The minimum absolute atomic E-state index is 0.890. The summed E-state index contributed by atoms with van der Waals surface area (Å²) in [4.78, 5) is 2.37. The summed E-state index contributed by atoms with van der Waals surface area (Å²) in [5, 5.41) is 7.26. The summed E-state index contributed by atoms with van der Waals surface area (Å²) < 4.78 is 8.70. The van der Waals surface area contributed by atoms with Gasteiger partial charge < -0.3 is 13.9 Å². The molecule has 12 rings (SSSR count). The molecule has 0 spiro atoms. The van der Waals surface area contributed by atoms with Crippen LogP contribution in [0.2, 0.25) is 0 Å². The highest BCUT2D eigenvalue weighted by molar-refractivity contribution is 6.09. The molecule has 0 unspecified atom stereocenters. The van der Waals surface area contributed by atoms with Crippen molar-refractivity contribution >= 4 is 71.6 Å². The van der Waals surface area contributed by atoms with Crippen LogP contribution in [0.5, 0.6) is 0 Å². The highest BCUT2D eigenvalue weighted by atomic mass is 16.3. The molecule has 3 heteroatoms. The van der Waals surface area contributed by atoms with Crippen molar-refractivity contribution in [2.45, 2.75) is 0 Å². The second-order valence-corrected chi connectivity index (χ2v) is 15.7. The predicted octanol–water partition coefficient (Wildman–Crippen LogP) is 16.3. The Morgan fingerprint density at radius 1 is 0.311 bits per heavy atom. The molecule has 0 saturated carbocycles. The van der Waals surface area contributed by atoms with E-state index in [9.17, 15) is 0 Å². The zero-order valence-electron chi connectivity index (χ0n) is 33.2. The van der Waals surface area contributed by atoms with E-state index in [2.05, 4.69) is 228 Å². The molecule has 286 valence electrons. The fourth-order valence-electron chi connectivity index (χ4n) is 9.30. The molecular formula is C58H38N2O. The zero-order chi connectivity index (χ0) is 40.3. The molecule has 10 aromatic carbocycles. The Morgan fingerprint density at radius 2 is 0.852 bits per heavy atom. The predicted molar refractivity (Wildman–Crippen MR) is 257 cm³/mol. The number of anilines is 3. The van der Waals surface area contributed by atoms with Gasteiger partial charge >= 0.3 is 0 Å². The fourth-order valence-corrected chi connectivity index (χ4v) is 9.30. The van der Waals surface area contributed by atoms with Crippen molar-refractivity contribution in [1.82, 2.24) is 4.57 Å². The van der Waals surface area contributed by atoms with E-state index in [0.29, 0.717) is 0 Å². The summed E-state index contributed by atoms with van der Waals surface area (Å²) in [5.74, 6) is 0. The van der Waals surface area contributed by atoms with Crippen molar-refractivity contribution in [2.24, 2.45) is 0 Å². The number of hydrogen-bond acceptors (Lipinski definition) is 2. The van der Waals surface area contributed by atoms with Gasteiger partial charge in [0.2, 0.25) is 0 Å². The highest BCUT2D eigenvalue weighted by Crippen LogP contribution is 2.41. The van der Waals surface area contributed by atoms with Crippen LogP contribution >= 0.6 is 0 Å². The van der Waals surface area contributed by atoms with Gasteiger partial charge in [-0.15, -0.1) is 0 Å². The first-order valence-electron chi connectivity index (χ1n) is 20.8. The number of fused-ring (bicyclic) bond motifs is 7. The number of rotatable bonds is 7. The summed E-state index contributed by atoms with van der Waals surface area (Å²) in [5.41, 5.74) is 15.5. The van der Waals surface area contributed by atoms with Crippen molar-refractivity contribution < 1.29 is 4.42 Å². The van der Waals surface area contributed by atoms with E-state index < -0.39 is 0 Å². The lowest BCUT2D eigenvalue weighted by atomic mass is 9.97. The van der Waals surface area contributed by atoms with E-state index in [4.69, 9.17) is 4.42 Å². The number of para-hydroxylation sites is 3. The molecule has 12 aromatic rings. The first-order valence-corrected chi connectivity index (χ1v) is 20.8. The molecule has 0 aliphatic carbocycles. The molecule has 0 N–H and O–H groups in total. The van der Waals surface area contributed by atoms with Gasteiger partial charge in [0.25, 0.3) is 0 Å². The normalized spacial score (nSPS) is 11.6. The maximum absolute atomic E-state index is 6.32. The largest absolute Gasteiger partial charge is 0.456 e. The molecule has 3 nitrogen and oxygen atoms in total. The minimum atomic E-state index is 0.890. The topological polar surface area (TPSA) is 21.3 Å². The van der Waals surface area contributed by atoms with E-state index in [0.717, 1.165) is 61.4 Å². The van der Waals surface area contributed by atoms with Gasteiger partial charge in [0.1, 0.15) is 11.2 Å². The quantitative estimate of drug-likeness (QED) is 0.161. The van der Waals surface area contributed by atoms with Gasteiger partial charge in [-0.3, -0.25) is 0 Å². The third-order valence-electron chi connectivity index (χ3n) is 12.2. The van der Waals surface area contributed by atoms with Crippen molar-refractivity contribution in [1.29, 1.82) is 0 Å². The fraction of sp³-hybridized carbons (Fsp3) is 0. The van der Waals surface area contributed by atoms with E-state index >= 15 is 0 Å². The third-order valence-corrected chi connectivity index (χ3v) is 12.2. The molecule has 0 amide bonds. The van der Waals surface area contributed by atoms with Crippen LogP contribution in [0.15, 0.2) is 235 Å². The first kappa shape index (κ1) is 34.9. The lowest BCUT2D eigenvalue weighted by molar-refractivity contribution is 0.669. The monoisotopic (exact) mass is 778 g/mol. The Morgan fingerprint density at radius 3 is 1.62 bits per heavy atom. The van der Waals surface area contributed by atoms with Gasteiger partial charge in [0.15, 0.2) is 0 Å². The lowest BCUT2D eigenvalue weighted by Gasteiger charge is -2.27. The minimum Gasteiger partial charge on any atom is -0.456 e. The van der Waals surface area contributed by atoms with Crippen LogP contribution < -0.4 is 4.90 Å². The molecule has 0 aliphatic heterocycles.